The lowest BCUT2D eigenvalue weighted by Gasteiger charge is -2.02. The van der Waals surface area contributed by atoms with Crippen LogP contribution in [0, 0.1) is 0 Å². The van der Waals surface area contributed by atoms with E-state index in [4.69, 9.17) is 4.74 Å². The number of aryl methyl sites for hydroxylation is 1. The van der Waals surface area contributed by atoms with Crippen LogP contribution in [-0.4, -0.2) is 23.4 Å². The maximum absolute atomic E-state index is 10.4. The Labute approximate surface area is 70.6 Å². The molecule has 4 nitrogen and oxygen atoms in total. The smallest absolute Gasteiger partial charge is 0.227 e. The van der Waals surface area contributed by atoms with Gasteiger partial charge < -0.3 is 4.74 Å². The minimum Gasteiger partial charge on any atom is -0.480 e. The van der Waals surface area contributed by atoms with Crippen LogP contribution in [0.2, 0.25) is 0 Å². The van der Waals surface area contributed by atoms with Gasteiger partial charge in [-0.15, -0.1) is 0 Å². The third-order valence-electron chi connectivity index (χ3n) is 1.47. The van der Waals surface area contributed by atoms with Gasteiger partial charge in [0.25, 0.3) is 0 Å². The maximum Gasteiger partial charge on any atom is 0.227 e. The molecule has 0 saturated carbocycles. The molecule has 0 unspecified atom stereocenters. The number of carbonyl (C=O) groups is 1. The highest BCUT2D eigenvalue weighted by atomic mass is 16.5. The SMILES string of the molecule is CCc1ncc(C=O)c(OC)n1. The summed E-state index contributed by atoms with van der Waals surface area (Å²) in [6, 6.07) is 0. The quantitative estimate of drug-likeness (QED) is 0.625. The Morgan fingerprint density at radius 2 is 2.42 bits per heavy atom. The molecule has 1 aromatic heterocycles. The van der Waals surface area contributed by atoms with E-state index in [0.29, 0.717) is 23.6 Å². The number of aldehydes is 1. The summed E-state index contributed by atoms with van der Waals surface area (Å²) in [4.78, 5) is 18.4. The monoisotopic (exact) mass is 166 g/mol. The van der Waals surface area contributed by atoms with Crippen LogP contribution in [0.3, 0.4) is 0 Å². The summed E-state index contributed by atoms with van der Waals surface area (Å²) >= 11 is 0. The summed E-state index contributed by atoms with van der Waals surface area (Å²) < 4.78 is 4.90. The molecule has 12 heavy (non-hydrogen) atoms. The fraction of sp³-hybridized carbons (Fsp3) is 0.375. The zero-order valence-electron chi connectivity index (χ0n) is 7.07. The molecule has 0 fully saturated rings. The Morgan fingerprint density at radius 1 is 1.67 bits per heavy atom. The van der Waals surface area contributed by atoms with Gasteiger partial charge in [-0.2, -0.15) is 4.98 Å². The molecule has 0 spiro atoms. The fourth-order valence-corrected chi connectivity index (χ4v) is 0.825. The molecule has 0 amide bonds. The fourth-order valence-electron chi connectivity index (χ4n) is 0.825. The highest BCUT2D eigenvalue weighted by Gasteiger charge is 2.04. The second-order valence-electron chi connectivity index (χ2n) is 2.22. The van der Waals surface area contributed by atoms with E-state index >= 15 is 0 Å². The largest absolute Gasteiger partial charge is 0.480 e. The average molecular weight is 166 g/mol. The lowest BCUT2D eigenvalue weighted by atomic mass is 10.3. The van der Waals surface area contributed by atoms with Crippen LogP contribution in [0.4, 0.5) is 0 Å². The first-order valence-electron chi connectivity index (χ1n) is 3.67. The predicted octanol–water partition coefficient (Wildman–Crippen LogP) is 0.860. The van der Waals surface area contributed by atoms with Gasteiger partial charge in [0.05, 0.1) is 12.7 Å². The molecule has 1 rings (SSSR count). The van der Waals surface area contributed by atoms with Crippen LogP contribution in [0.25, 0.3) is 0 Å². The minimum atomic E-state index is 0.344. The third-order valence-corrected chi connectivity index (χ3v) is 1.47. The van der Waals surface area contributed by atoms with Crippen molar-refractivity contribution in [2.24, 2.45) is 0 Å². The van der Waals surface area contributed by atoms with Gasteiger partial charge in [0.1, 0.15) is 5.82 Å². The molecule has 0 saturated heterocycles. The molecule has 0 N–H and O–H groups in total. The van der Waals surface area contributed by atoms with Crippen molar-refractivity contribution in [2.45, 2.75) is 13.3 Å². The Bertz CT molecular complexity index is 286. The Kier molecular flexibility index (Phi) is 2.74. The number of aromatic nitrogens is 2. The molecule has 1 heterocycles. The van der Waals surface area contributed by atoms with Gasteiger partial charge >= 0.3 is 0 Å². The highest BCUT2D eigenvalue weighted by molar-refractivity contribution is 5.77. The van der Waals surface area contributed by atoms with Gasteiger partial charge in [0, 0.05) is 12.6 Å². The first kappa shape index (κ1) is 8.64. The second kappa shape index (κ2) is 3.80. The van der Waals surface area contributed by atoms with Crippen molar-refractivity contribution in [1.29, 1.82) is 0 Å². The predicted molar refractivity (Wildman–Crippen MR) is 43.3 cm³/mol. The first-order valence-corrected chi connectivity index (χ1v) is 3.67. The third kappa shape index (κ3) is 1.58. The van der Waals surface area contributed by atoms with Crippen molar-refractivity contribution >= 4 is 6.29 Å². The summed E-state index contributed by atoms with van der Waals surface area (Å²) in [7, 11) is 1.48. The molecule has 0 aromatic carbocycles. The van der Waals surface area contributed by atoms with Gasteiger partial charge in [0.2, 0.25) is 5.88 Å². The van der Waals surface area contributed by atoms with Crippen molar-refractivity contribution in [2.75, 3.05) is 7.11 Å². The number of hydrogen-bond donors (Lipinski definition) is 0. The molecule has 1 aromatic rings. The van der Waals surface area contributed by atoms with Crippen LogP contribution in [0.5, 0.6) is 5.88 Å². The molecular formula is C8H10N2O2. The van der Waals surface area contributed by atoms with Gasteiger partial charge in [-0.25, -0.2) is 4.98 Å². The Balaban J connectivity index is 3.10. The molecule has 0 aliphatic carbocycles. The van der Waals surface area contributed by atoms with Gasteiger partial charge in [0.15, 0.2) is 6.29 Å². The molecule has 0 bridgehead atoms. The highest BCUT2D eigenvalue weighted by Crippen LogP contribution is 2.11. The number of rotatable bonds is 3. The van der Waals surface area contributed by atoms with Gasteiger partial charge in [-0.05, 0) is 0 Å². The van der Waals surface area contributed by atoms with Crippen LogP contribution in [0.15, 0.2) is 6.20 Å². The van der Waals surface area contributed by atoms with Crippen LogP contribution in [-0.2, 0) is 6.42 Å². The van der Waals surface area contributed by atoms with Gasteiger partial charge in [-0.3, -0.25) is 4.79 Å². The molecule has 4 heteroatoms. The van der Waals surface area contributed by atoms with Crippen LogP contribution >= 0.6 is 0 Å². The standard InChI is InChI=1S/C8H10N2O2/c1-3-7-9-4-6(5-11)8(10-7)12-2/h4-5H,3H2,1-2H3. The number of hydrogen-bond acceptors (Lipinski definition) is 4. The van der Waals surface area contributed by atoms with E-state index in [1.54, 1.807) is 0 Å². The number of ether oxygens (including phenoxy) is 1. The Hall–Kier alpha value is -1.45. The van der Waals surface area contributed by atoms with E-state index in [-0.39, 0.29) is 0 Å². The van der Waals surface area contributed by atoms with Crippen molar-refractivity contribution in [1.82, 2.24) is 9.97 Å². The van der Waals surface area contributed by atoms with E-state index in [1.807, 2.05) is 6.92 Å². The molecule has 0 aliphatic rings. The van der Waals surface area contributed by atoms with Crippen molar-refractivity contribution < 1.29 is 9.53 Å². The number of nitrogens with zero attached hydrogens (tertiary/aromatic N) is 2. The number of methoxy groups -OCH3 is 1. The number of carbonyl (C=O) groups excluding carboxylic acids is 1. The molecular weight excluding hydrogens is 156 g/mol. The van der Waals surface area contributed by atoms with E-state index in [2.05, 4.69) is 9.97 Å². The van der Waals surface area contributed by atoms with Crippen LogP contribution < -0.4 is 4.74 Å². The van der Waals surface area contributed by atoms with Gasteiger partial charge in [-0.1, -0.05) is 6.92 Å². The molecule has 64 valence electrons. The van der Waals surface area contributed by atoms with Crippen molar-refractivity contribution in [3.8, 4) is 5.88 Å². The zero-order valence-corrected chi connectivity index (χ0v) is 7.07. The van der Waals surface area contributed by atoms with E-state index in [0.717, 1.165) is 6.42 Å². The lowest BCUT2D eigenvalue weighted by Crippen LogP contribution is -2.00. The lowest BCUT2D eigenvalue weighted by molar-refractivity contribution is 0.111. The minimum absolute atomic E-state index is 0.344. The van der Waals surface area contributed by atoms with E-state index in [9.17, 15) is 4.79 Å². The normalized spacial score (nSPS) is 9.50. The summed E-state index contributed by atoms with van der Waals surface area (Å²) in [6.45, 7) is 1.94. The summed E-state index contributed by atoms with van der Waals surface area (Å²) in [5, 5.41) is 0. The summed E-state index contributed by atoms with van der Waals surface area (Å²) in [5.74, 6) is 1.02. The first-order chi connectivity index (χ1) is 5.81. The maximum atomic E-state index is 10.4. The summed E-state index contributed by atoms with van der Waals surface area (Å²) in [6.07, 6.45) is 2.88. The van der Waals surface area contributed by atoms with E-state index < -0.39 is 0 Å². The van der Waals surface area contributed by atoms with Crippen LogP contribution in [0.1, 0.15) is 23.1 Å². The average Bonchev–Trinajstić information content (AvgIpc) is 2.16. The molecule has 0 aliphatic heterocycles. The zero-order chi connectivity index (χ0) is 8.97. The summed E-state index contributed by atoms with van der Waals surface area (Å²) in [5.41, 5.74) is 0.384. The van der Waals surface area contributed by atoms with Crippen molar-refractivity contribution in [3.63, 3.8) is 0 Å². The topological polar surface area (TPSA) is 52.1 Å². The molecule has 0 radical (unpaired) electrons. The second-order valence-corrected chi connectivity index (χ2v) is 2.22. The molecule has 0 atom stereocenters. The Morgan fingerprint density at radius 3 is 2.92 bits per heavy atom. The van der Waals surface area contributed by atoms with Crippen molar-refractivity contribution in [3.05, 3.63) is 17.6 Å². The van der Waals surface area contributed by atoms with E-state index in [1.165, 1.54) is 13.3 Å².